The molecule has 0 bridgehead atoms. The Morgan fingerprint density at radius 2 is 2.12 bits per heavy atom. The standard InChI is InChI=1S/C20H28O4/c1-2-3-6-9-17(21)14-12-16-13-15-19(22)18(16)10-7-4-5-8-11-20(23)24/h4,7,10,12-17,21H,2-3,5-6,8-9,11H2,1H3,(H,23,24). The van der Waals surface area contributed by atoms with Crippen molar-refractivity contribution in [3.05, 3.63) is 48.1 Å². The molecule has 2 atom stereocenters. The van der Waals surface area contributed by atoms with Crippen molar-refractivity contribution in [1.82, 2.24) is 0 Å². The lowest BCUT2D eigenvalue weighted by atomic mass is 9.99. The van der Waals surface area contributed by atoms with Crippen molar-refractivity contribution in [2.45, 2.75) is 58.0 Å². The number of carbonyl (C=O) groups excluding carboxylic acids is 1. The van der Waals surface area contributed by atoms with Gasteiger partial charge in [0.15, 0.2) is 5.78 Å². The number of unbranched alkanes of at least 4 members (excludes halogenated alkanes) is 3. The molecule has 1 aliphatic carbocycles. The maximum Gasteiger partial charge on any atom is 0.303 e. The summed E-state index contributed by atoms with van der Waals surface area (Å²) in [6, 6.07) is 0. The second-order valence-corrected chi connectivity index (χ2v) is 6.03. The highest BCUT2D eigenvalue weighted by atomic mass is 16.4. The number of aliphatic carboxylic acids is 1. The summed E-state index contributed by atoms with van der Waals surface area (Å²) >= 11 is 0. The average Bonchev–Trinajstić information content (AvgIpc) is 2.89. The molecule has 0 saturated heterocycles. The summed E-state index contributed by atoms with van der Waals surface area (Å²) in [4.78, 5) is 22.3. The van der Waals surface area contributed by atoms with Gasteiger partial charge in [0.2, 0.25) is 0 Å². The van der Waals surface area contributed by atoms with E-state index in [4.69, 9.17) is 5.11 Å². The predicted molar refractivity (Wildman–Crippen MR) is 95.6 cm³/mol. The first-order chi connectivity index (χ1) is 11.5. The molecule has 1 rings (SSSR count). The van der Waals surface area contributed by atoms with Gasteiger partial charge in [-0.25, -0.2) is 0 Å². The third-order valence-corrected chi connectivity index (χ3v) is 3.92. The van der Waals surface area contributed by atoms with Gasteiger partial charge in [-0.15, -0.1) is 0 Å². The van der Waals surface area contributed by atoms with E-state index in [2.05, 4.69) is 6.92 Å². The van der Waals surface area contributed by atoms with E-state index in [0.717, 1.165) is 25.7 Å². The molecule has 2 unspecified atom stereocenters. The molecule has 0 aromatic heterocycles. The highest BCUT2D eigenvalue weighted by Crippen LogP contribution is 2.23. The minimum atomic E-state index is -0.792. The van der Waals surface area contributed by atoms with Crippen molar-refractivity contribution >= 4 is 11.8 Å². The highest BCUT2D eigenvalue weighted by Gasteiger charge is 2.20. The van der Waals surface area contributed by atoms with Crippen LogP contribution in [0.25, 0.3) is 0 Å². The van der Waals surface area contributed by atoms with Gasteiger partial charge in [-0.1, -0.05) is 62.6 Å². The zero-order valence-corrected chi connectivity index (χ0v) is 14.4. The molecule has 0 heterocycles. The first-order valence-corrected chi connectivity index (χ1v) is 8.72. The molecule has 0 aliphatic heterocycles. The summed E-state index contributed by atoms with van der Waals surface area (Å²) in [6.07, 6.45) is 17.5. The average molecular weight is 332 g/mol. The Morgan fingerprint density at radius 1 is 1.33 bits per heavy atom. The van der Waals surface area contributed by atoms with E-state index in [-0.39, 0.29) is 18.1 Å². The Kier molecular flexibility index (Phi) is 9.70. The van der Waals surface area contributed by atoms with Crippen LogP contribution < -0.4 is 0 Å². The van der Waals surface area contributed by atoms with Crippen molar-refractivity contribution < 1.29 is 19.8 Å². The quantitative estimate of drug-likeness (QED) is 0.341. The molecule has 24 heavy (non-hydrogen) atoms. The van der Waals surface area contributed by atoms with Gasteiger partial charge in [0.25, 0.3) is 0 Å². The van der Waals surface area contributed by atoms with Gasteiger partial charge in [-0.2, -0.15) is 0 Å². The van der Waals surface area contributed by atoms with Crippen LogP contribution >= 0.6 is 0 Å². The lowest BCUT2D eigenvalue weighted by Crippen LogP contribution is -2.04. The van der Waals surface area contributed by atoms with Gasteiger partial charge >= 0.3 is 5.97 Å². The number of carbonyl (C=O) groups is 2. The largest absolute Gasteiger partial charge is 0.481 e. The van der Waals surface area contributed by atoms with Gasteiger partial charge in [0, 0.05) is 17.9 Å². The van der Waals surface area contributed by atoms with Crippen LogP contribution in [0.4, 0.5) is 0 Å². The molecule has 0 saturated carbocycles. The molecule has 0 aromatic rings. The number of hydrogen-bond donors (Lipinski definition) is 2. The molecular weight excluding hydrogens is 304 g/mol. The Hall–Kier alpha value is -1.94. The number of aliphatic hydroxyl groups is 1. The van der Waals surface area contributed by atoms with Crippen molar-refractivity contribution in [3.8, 4) is 0 Å². The number of aliphatic hydroxyl groups excluding tert-OH is 1. The Bertz CT molecular complexity index is 526. The summed E-state index contributed by atoms with van der Waals surface area (Å²) < 4.78 is 0. The predicted octanol–water partition coefficient (Wildman–Crippen LogP) is 3.98. The monoisotopic (exact) mass is 332 g/mol. The van der Waals surface area contributed by atoms with Crippen LogP contribution in [-0.4, -0.2) is 28.1 Å². The van der Waals surface area contributed by atoms with E-state index >= 15 is 0 Å². The normalized spacial score (nSPS) is 20.7. The van der Waals surface area contributed by atoms with Gasteiger partial charge in [0.1, 0.15) is 0 Å². The van der Waals surface area contributed by atoms with Crippen LogP contribution in [0.5, 0.6) is 0 Å². The molecule has 1 aliphatic rings. The van der Waals surface area contributed by atoms with Crippen LogP contribution in [0.1, 0.15) is 51.9 Å². The van der Waals surface area contributed by atoms with Crippen molar-refractivity contribution in [3.63, 3.8) is 0 Å². The second-order valence-electron chi connectivity index (χ2n) is 6.03. The maximum absolute atomic E-state index is 11.9. The molecule has 0 fully saturated rings. The van der Waals surface area contributed by atoms with E-state index < -0.39 is 12.1 Å². The lowest BCUT2D eigenvalue weighted by Gasteiger charge is -2.07. The van der Waals surface area contributed by atoms with Crippen LogP contribution in [0, 0.1) is 5.92 Å². The van der Waals surface area contributed by atoms with Crippen LogP contribution in [-0.2, 0) is 9.59 Å². The number of ketones is 1. The second kappa shape index (κ2) is 11.6. The highest BCUT2D eigenvalue weighted by molar-refractivity contribution is 6.07. The van der Waals surface area contributed by atoms with E-state index in [1.807, 2.05) is 18.2 Å². The van der Waals surface area contributed by atoms with Gasteiger partial charge in [-0.3, -0.25) is 9.59 Å². The fourth-order valence-electron chi connectivity index (χ4n) is 2.50. The topological polar surface area (TPSA) is 74.6 Å². The molecular formula is C20H28O4. The minimum absolute atomic E-state index is 0.0136. The van der Waals surface area contributed by atoms with Gasteiger partial charge in [-0.05, 0) is 25.3 Å². The van der Waals surface area contributed by atoms with E-state index in [9.17, 15) is 14.7 Å². The molecule has 2 N–H and O–H groups in total. The zero-order valence-electron chi connectivity index (χ0n) is 14.4. The van der Waals surface area contributed by atoms with Crippen LogP contribution in [0.3, 0.4) is 0 Å². The first kappa shape index (κ1) is 20.1. The maximum atomic E-state index is 11.9. The Labute approximate surface area is 144 Å². The van der Waals surface area contributed by atoms with E-state index in [1.54, 1.807) is 24.3 Å². The molecule has 4 nitrogen and oxygen atoms in total. The first-order valence-electron chi connectivity index (χ1n) is 8.72. The summed E-state index contributed by atoms with van der Waals surface area (Å²) in [5, 5.41) is 18.5. The fraction of sp³-hybridized carbons (Fsp3) is 0.500. The molecule has 4 heteroatoms. The SMILES string of the molecule is CCCCCC(O)C=CC1C=CC(=O)C1=CC=CCCCC(=O)O. The fourth-order valence-corrected chi connectivity index (χ4v) is 2.50. The summed E-state index contributed by atoms with van der Waals surface area (Å²) in [7, 11) is 0. The smallest absolute Gasteiger partial charge is 0.303 e. The number of hydrogen-bond acceptors (Lipinski definition) is 3. The minimum Gasteiger partial charge on any atom is -0.481 e. The van der Waals surface area contributed by atoms with Crippen molar-refractivity contribution in [2.24, 2.45) is 5.92 Å². The molecule has 0 radical (unpaired) electrons. The van der Waals surface area contributed by atoms with Crippen LogP contribution in [0.2, 0.25) is 0 Å². The van der Waals surface area contributed by atoms with Crippen molar-refractivity contribution in [2.75, 3.05) is 0 Å². The third kappa shape index (κ3) is 8.06. The lowest BCUT2D eigenvalue weighted by molar-refractivity contribution is -0.137. The molecule has 132 valence electrons. The summed E-state index contributed by atoms with van der Waals surface area (Å²) in [5.74, 6) is -0.901. The molecule has 0 spiro atoms. The van der Waals surface area contributed by atoms with Gasteiger partial charge < -0.3 is 10.2 Å². The van der Waals surface area contributed by atoms with E-state index in [0.29, 0.717) is 18.4 Å². The number of carboxylic acid groups (broad SMARTS) is 1. The third-order valence-electron chi connectivity index (χ3n) is 3.92. The number of rotatable bonds is 11. The zero-order chi connectivity index (χ0) is 17.8. The summed E-state index contributed by atoms with van der Waals surface area (Å²) in [6.45, 7) is 2.13. The van der Waals surface area contributed by atoms with Crippen LogP contribution in [0.15, 0.2) is 48.1 Å². The van der Waals surface area contributed by atoms with E-state index in [1.165, 1.54) is 0 Å². The number of allylic oxidation sites excluding steroid dienone is 7. The van der Waals surface area contributed by atoms with Crippen molar-refractivity contribution in [1.29, 1.82) is 0 Å². The Morgan fingerprint density at radius 3 is 2.83 bits per heavy atom. The number of carboxylic acids is 1. The Balaban J connectivity index is 2.49. The molecule has 0 aromatic carbocycles. The molecule has 0 amide bonds. The van der Waals surface area contributed by atoms with Gasteiger partial charge in [0.05, 0.1) is 6.10 Å². The summed E-state index contributed by atoms with van der Waals surface area (Å²) in [5.41, 5.74) is 0.682.